The fourth-order valence-corrected chi connectivity index (χ4v) is 3.35. The molecule has 1 heterocycles. The van der Waals surface area contributed by atoms with Gasteiger partial charge in [-0.2, -0.15) is 0 Å². The second-order valence-corrected chi connectivity index (χ2v) is 6.33. The number of unbranched alkanes of at least 4 members (excludes halogenated alkanes) is 1. The Morgan fingerprint density at radius 3 is 2.65 bits per heavy atom. The van der Waals surface area contributed by atoms with Crippen LogP contribution in [0, 0.1) is 0 Å². The van der Waals surface area contributed by atoms with Gasteiger partial charge in [-0.05, 0) is 57.5 Å². The number of likely N-dealkylation sites (N-methyl/N-ethyl adjacent to an activating group) is 1. The Morgan fingerprint density at radius 1 is 1.30 bits per heavy atom. The van der Waals surface area contributed by atoms with Crippen molar-refractivity contribution < 1.29 is 4.79 Å². The number of nitrogens with zero attached hydrogens (tertiary/aromatic N) is 2. The predicted octanol–water partition coefficient (Wildman–Crippen LogP) is 3.14. The third-order valence-electron chi connectivity index (χ3n) is 4.72. The minimum Gasteiger partial charge on any atom is -0.372 e. The monoisotopic (exact) mass is 317 g/mol. The average molecular weight is 317 g/mol. The third-order valence-corrected chi connectivity index (χ3v) is 4.72. The van der Waals surface area contributed by atoms with Gasteiger partial charge in [0.25, 0.3) is 5.91 Å². The zero-order valence-corrected chi connectivity index (χ0v) is 14.8. The zero-order chi connectivity index (χ0) is 16.7. The summed E-state index contributed by atoms with van der Waals surface area (Å²) in [5, 5.41) is 3.20. The summed E-state index contributed by atoms with van der Waals surface area (Å²) in [6.45, 7) is 8.24. The number of hydrogen-bond acceptors (Lipinski definition) is 3. The number of likely N-dealkylation sites (tertiary alicyclic amines) is 1. The molecule has 1 amide bonds. The molecule has 0 saturated carbocycles. The summed E-state index contributed by atoms with van der Waals surface area (Å²) >= 11 is 0. The first-order valence-corrected chi connectivity index (χ1v) is 9.01. The number of anilines is 1. The zero-order valence-electron chi connectivity index (χ0n) is 14.8. The Balaban J connectivity index is 2.04. The van der Waals surface area contributed by atoms with E-state index in [2.05, 4.69) is 36.2 Å². The van der Waals surface area contributed by atoms with Crippen LogP contribution >= 0.6 is 0 Å². The largest absolute Gasteiger partial charge is 0.372 e. The number of amides is 1. The van der Waals surface area contributed by atoms with E-state index >= 15 is 0 Å². The fourth-order valence-electron chi connectivity index (χ4n) is 3.35. The molecule has 0 aromatic heterocycles. The standard InChI is InChI=1S/C19H31N3O/c1-4-6-13-21(5-2)17-11-9-16(10-12-17)19(23)22-14-7-8-18(22)15-20-3/h9-12,18,20H,4-8,13-15H2,1-3H3. The maximum atomic E-state index is 12.7. The topological polar surface area (TPSA) is 35.6 Å². The molecule has 1 saturated heterocycles. The van der Waals surface area contributed by atoms with Gasteiger partial charge in [0.15, 0.2) is 0 Å². The summed E-state index contributed by atoms with van der Waals surface area (Å²) in [6.07, 6.45) is 4.62. The maximum absolute atomic E-state index is 12.7. The molecular formula is C19H31N3O. The van der Waals surface area contributed by atoms with Crippen LogP contribution in [-0.4, -0.2) is 50.1 Å². The van der Waals surface area contributed by atoms with Gasteiger partial charge in [0.1, 0.15) is 0 Å². The highest BCUT2D eigenvalue weighted by Crippen LogP contribution is 2.22. The summed E-state index contributed by atoms with van der Waals surface area (Å²) in [5.41, 5.74) is 2.02. The van der Waals surface area contributed by atoms with E-state index in [0.29, 0.717) is 6.04 Å². The van der Waals surface area contributed by atoms with Crippen LogP contribution in [0.4, 0.5) is 5.69 Å². The summed E-state index contributed by atoms with van der Waals surface area (Å²) in [4.78, 5) is 17.1. The lowest BCUT2D eigenvalue weighted by atomic mass is 10.1. The second-order valence-electron chi connectivity index (χ2n) is 6.33. The van der Waals surface area contributed by atoms with Crippen LogP contribution in [0.2, 0.25) is 0 Å². The first-order chi connectivity index (χ1) is 11.2. The van der Waals surface area contributed by atoms with Crippen molar-refractivity contribution >= 4 is 11.6 Å². The van der Waals surface area contributed by atoms with Crippen LogP contribution in [0.5, 0.6) is 0 Å². The molecule has 1 atom stereocenters. The van der Waals surface area contributed by atoms with E-state index in [9.17, 15) is 4.79 Å². The molecule has 1 aromatic carbocycles. The Labute approximate surface area is 140 Å². The molecule has 4 heteroatoms. The smallest absolute Gasteiger partial charge is 0.254 e. The van der Waals surface area contributed by atoms with Gasteiger partial charge in [0, 0.05) is 43.5 Å². The molecule has 0 aliphatic carbocycles. The minimum absolute atomic E-state index is 0.172. The van der Waals surface area contributed by atoms with Crippen LogP contribution in [0.25, 0.3) is 0 Å². The van der Waals surface area contributed by atoms with Crippen molar-refractivity contribution in [3.63, 3.8) is 0 Å². The molecule has 0 radical (unpaired) electrons. The Kier molecular flexibility index (Phi) is 6.90. The number of rotatable bonds is 8. The highest BCUT2D eigenvalue weighted by atomic mass is 16.2. The van der Waals surface area contributed by atoms with E-state index in [-0.39, 0.29) is 5.91 Å². The molecule has 0 bridgehead atoms. The lowest BCUT2D eigenvalue weighted by Gasteiger charge is -2.26. The van der Waals surface area contributed by atoms with E-state index in [0.717, 1.165) is 44.6 Å². The summed E-state index contributed by atoms with van der Waals surface area (Å²) in [5.74, 6) is 0.172. The Morgan fingerprint density at radius 2 is 2.04 bits per heavy atom. The fraction of sp³-hybridized carbons (Fsp3) is 0.632. The molecule has 1 N–H and O–H groups in total. The van der Waals surface area contributed by atoms with Crippen molar-refractivity contribution in [2.45, 2.75) is 45.6 Å². The lowest BCUT2D eigenvalue weighted by Crippen LogP contribution is -2.40. The van der Waals surface area contributed by atoms with Gasteiger partial charge in [0.2, 0.25) is 0 Å². The molecule has 128 valence electrons. The predicted molar refractivity (Wildman–Crippen MR) is 97.2 cm³/mol. The Bertz CT molecular complexity index is 486. The van der Waals surface area contributed by atoms with E-state index in [1.54, 1.807) is 0 Å². The molecular weight excluding hydrogens is 286 g/mol. The molecule has 1 aromatic rings. The quantitative estimate of drug-likeness (QED) is 0.800. The number of hydrogen-bond donors (Lipinski definition) is 1. The molecule has 4 nitrogen and oxygen atoms in total. The van der Waals surface area contributed by atoms with Crippen LogP contribution < -0.4 is 10.2 Å². The van der Waals surface area contributed by atoms with Gasteiger partial charge in [-0.1, -0.05) is 13.3 Å². The van der Waals surface area contributed by atoms with Gasteiger partial charge in [-0.3, -0.25) is 4.79 Å². The van der Waals surface area contributed by atoms with Gasteiger partial charge >= 0.3 is 0 Å². The lowest BCUT2D eigenvalue weighted by molar-refractivity contribution is 0.0737. The average Bonchev–Trinajstić information content (AvgIpc) is 3.04. The molecule has 1 aliphatic heterocycles. The van der Waals surface area contributed by atoms with E-state index < -0.39 is 0 Å². The van der Waals surface area contributed by atoms with Crippen molar-refractivity contribution in [2.24, 2.45) is 0 Å². The number of carbonyl (C=O) groups excluding carboxylic acids is 1. The molecule has 0 spiro atoms. The van der Waals surface area contributed by atoms with Crippen LogP contribution in [0.15, 0.2) is 24.3 Å². The van der Waals surface area contributed by atoms with Crippen LogP contribution in [0.1, 0.15) is 49.9 Å². The van der Waals surface area contributed by atoms with Crippen molar-refractivity contribution in [3.8, 4) is 0 Å². The number of benzene rings is 1. The van der Waals surface area contributed by atoms with Gasteiger partial charge in [0.05, 0.1) is 0 Å². The summed E-state index contributed by atoms with van der Waals surface area (Å²) < 4.78 is 0. The third kappa shape index (κ3) is 4.47. The highest BCUT2D eigenvalue weighted by molar-refractivity contribution is 5.95. The van der Waals surface area contributed by atoms with Gasteiger partial charge < -0.3 is 15.1 Å². The van der Waals surface area contributed by atoms with Crippen molar-refractivity contribution in [1.82, 2.24) is 10.2 Å². The van der Waals surface area contributed by atoms with E-state index in [1.165, 1.54) is 18.5 Å². The second kappa shape index (κ2) is 8.92. The first kappa shape index (κ1) is 17.8. The van der Waals surface area contributed by atoms with E-state index in [4.69, 9.17) is 0 Å². The normalized spacial score (nSPS) is 17.5. The highest BCUT2D eigenvalue weighted by Gasteiger charge is 2.28. The molecule has 23 heavy (non-hydrogen) atoms. The summed E-state index contributed by atoms with van der Waals surface area (Å²) in [7, 11) is 1.95. The van der Waals surface area contributed by atoms with Crippen molar-refractivity contribution in [1.29, 1.82) is 0 Å². The van der Waals surface area contributed by atoms with Crippen LogP contribution in [-0.2, 0) is 0 Å². The maximum Gasteiger partial charge on any atom is 0.254 e. The Hall–Kier alpha value is -1.55. The summed E-state index contributed by atoms with van der Waals surface area (Å²) in [6, 6.07) is 8.50. The SMILES string of the molecule is CCCCN(CC)c1ccc(C(=O)N2CCCC2CNC)cc1. The molecule has 1 aliphatic rings. The van der Waals surface area contributed by atoms with E-state index in [1.807, 2.05) is 24.1 Å². The minimum atomic E-state index is 0.172. The van der Waals surface area contributed by atoms with Crippen LogP contribution in [0.3, 0.4) is 0 Å². The number of nitrogens with one attached hydrogen (secondary N) is 1. The molecule has 2 rings (SSSR count). The van der Waals surface area contributed by atoms with Crippen molar-refractivity contribution in [2.75, 3.05) is 38.1 Å². The first-order valence-electron chi connectivity index (χ1n) is 9.01. The van der Waals surface area contributed by atoms with Gasteiger partial charge in [-0.25, -0.2) is 0 Å². The molecule has 1 unspecified atom stereocenters. The molecule has 1 fully saturated rings. The van der Waals surface area contributed by atoms with Crippen molar-refractivity contribution in [3.05, 3.63) is 29.8 Å². The number of carbonyl (C=O) groups is 1. The van der Waals surface area contributed by atoms with Gasteiger partial charge in [-0.15, -0.1) is 0 Å².